The molecule has 0 amide bonds. The van der Waals surface area contributed by atoms with Crippen molar-refractivity contribution >= 4 is 19.5 Å². The van der Waals surface area contributed by atoms with Crippen molar-refractivity contribution in [3.8, 4) is 0 Å². The second-order valence-electron chi connectivity index (χ2n) is 2.01. The predicted molar refractivity (Wildman–Crippen MR) is 39.6 cm³/mol. The molecule has 0 saturated carbocycles. The molecular formula is C5H12O2Si2. The van der Waals surface area contributed by atoms with E-state index >= 15 is 0 Å². The van der Waals surface area contributed by atoms with Gasteiger partial charge in [0.25, 0.3) is 0 Å². The summed E-state index contributed by atoms with van der Waals surface area (Å²) in [4.78, 5) is 6.81. The Kier molecular flexibility index (Phi) is 6.73. The first-order valence-electron chi connectivity index (χ1n) is 3.07. The lowest BCUT2D eigenvalue weighted by atomic mass is 10.4. The average molecular weight is 160 g/mol. The summed E-state index contributed by atoms with van der Waals surface area (Å²) in [6, 6.07) is 1.37. The molecule has 9 heavy (non-hydrogen) atoms. The molecule has 0 aromatic heterocycles. The molecule has 0 atom stereocenters. The number of hydrogen-bond donors (Lipinski definition) is 1. The number of hydrogen-bond acceptors (Lipinski definition) is 2. The third-order valence-corrected chi connectivity index (χ3v) is 3.03. The van der Waals surface area contributed by atoms with Gasteiger partial charge in [-0.25, -0.2) is 0 Å². The van der Waals surface area contributed by atoms with Crippen LogP contribution in [0.2, 0.25) is 12.6 Å². The third kappa shape index (κ3) is 4.83. The Morgan fingerprint density at radius 2 is 2.11 bits per heavy atom. The first-order valence-corrected chi connectivity index (χ1v) is 5.63. The fraction of sp³-hybridized carbons (Fsp3) is 1.00. The van der Waals surface area contributed by atoms with Crippen LogP contribution in [-0.4, -0.2) is 30.9 Å². The quantitative estimate of drug-likeness (QED) is 0.522. The standard InChI is InChI=1S/C5H11OSi.HOSi/c1-7-5-3-2-4-6-7;1-2/h2-5H2,1H3;1H. The van der Waals surface area contributed by atoms with E-state index in [1.165, 1.54) is 18.9 Å². The van der Waals surface area contributed by atoms with Gasteiger partial charge in [0.1, 0.15) is 0 Å². The zero-order valence-corrected chi connectivity index (χ0v) is 7.68. The van der Waals surface area contributed by atoms with Gasteiger partial charge >= 0.3 is 0 Å². The molecular weight excluding hydrogens is 148 g/mol. The second kappa shape index (κ2) is 6.47. The Morgan fingerprint density at radius 3 is 2.33 bits per heavy atom. The fourth-order valence-corrected chi connectivity index (χ4v) is 2.18. The van der Waals surface area contributed by atoms with E-state index in [2.05, 4.69) is 6.55 Å². The van der Waals surface area contributed by atoms with Gasteiger partial charge in [-0.2, -0.15) is 0 Å². The summed E-state index contributed by atoms with van der Waals surface area (Å²) in [7, 11) is 1.68. The monoisotopic (exact) mass is 160 g/mol. The third-order valence-electron chi connectivity index (χ3n) is 1.27. The lowest BCUT2D eigenvalue weighted by Gasteiger charge is -2.15. The van der Waals surface area contributed by atoms with Crippen molar-refractivity contribution in [2.24, 2.45) is 0 Å². The van der Waals surface area contributed by atoms with Crippen molar-refractivity contribution < 1.29 is 9.22 Å². The van der Waals surface area contributed by atoms with Crippen molar-refractivity contribution in [2.75, 3.05) is 6.61 Å². The van der Waals surface area contributed by atoms with Crippen LogP contribution >= 0.6 is 0 Å². The normalized spacial score (nSPS) is 20.3. The second-order valence-corrected chi connectivity index (χ2v) is 4.20. The largest absolute Gasteiger partial charge is 0.433 e. The average Bonchev–Trinajstić information content (AvgIpc) is 1.94. The van der Waals surface area contributed by atoms with E-state index < -0.39 is 0 Å². The molecule has 0 bridgehead atoms. The van der Waals surface area contributed by atoms with Crippen LogP contribution in [0.5, 0.6) is 0 Å². The van der Waals surface area contributed by atoms with Crippen molar-refractivity contribution in [3.63, 3.8) is 0 Å². The first kappa shape index (κ1) is 9.35. The van der Waals surface area contributed by atoms with Crippen LogP contribution in [-0.2, 0) is 4.43 Å². The summed E-state index contributed by atoms with van der Waals surface area (Å²) in [5.74, 6) is 0. The van der Waals surface area contributed by atoms with Crippen molar-refractivity contribution in [3.05, 3.63) is 0 Å². The highest BCUT2D eigenvalue weighted by atomic mass is 28.3. The summed E-state index contributed by atoms with van der Waals surface area (Å²) in [6.45, 7) is 3.27. The van der Waals surface area contributed by atoms with Crippen LogP contribution in [0, 0.1) is 0 Å². The van der Waals surface area contributed by atoms with E-state index in [0.29, 0.717) is 0 Å². The minimum atomic E-state index is -0.293. The Morgan fingerprint density at radius 1 is 1.44 bits per heavy atom. The molecule has 0 spiro atoms. The molecule has 0 aromatic rings. The van der Waals surface area contributed by atoms with Gasteiger partial charge in [0, 0.05) is 6.61 Å². The fourth-order valence-electron chi connectivity index (χ4n) is 0.795. The van der Waals surface area contributed by atoms with Gasteiger partial charge in [0.2, 0.25) is 19.5 Å². The summed E-state index contributed by atoms with van der Waals surface area (Å²) >= 11 is 0. The molecule has 0 aromatic carbocycles. The molecule has 1 fully saturated rings. The topological polar surface area (TPSA) is 29.5 Å². The van der Waals surface area contributed by atoms with Crippen LogP contribution in [0.15, 0.2) is 0 Å². The summed E-state index contributed by atoms with van der Waals surface area (Å²) in [5.41, 5.74) is 0. The minimum absolute atomic E-state index is 0.293. The van der Waals surface area contributed by atoms with E-state index in [9.17, 15) is 0 Å². The van der Waals surface area contributed by atoms with Crippen LogP contribution in [0.1, 0.15) is 12.8 Å². The van der Waals surface area contributed by atoms with Crippen LogP contribution < -0.4 is 0 Å². The molecule has 1 aliphatic rings. The summed E-state index contributed by atoms with van der Waals surface area (Å²) in [5, 5.41) is 0. The van der Waals surface area contributed by atoms with Gasteiger partial charge in [-0.3, -0.25) is 0 Å². The van der Waals surface area contributed by atoms with Gasteiger partial charge in [0.05, 0.1) is 0 Å². The number of rotatable bonds is 0. The Balaban J connectivity index is 0.000000291. The van der Waals surface area contributed by atoms with Crippen molar-refractivity contribution in [1.29, 1.82) is 0 Å². The molecule has 1 N–H and O–H groups in total. The van der Waals surface area contributed by atoms with E-state index in [-0.39, 0.29) is 9.04 Å². The minimum Gasteiger partial charge on any atom is -0.433 e. The lowest BCUT2D eigenvalue weighted by Crippen LogP contribution is -2.18. The van der Waals surface area contributed by atoms with E-state index in [1.54, 1.807) is 0 Å². The summed E-state index contributed by atoms with van der Waals surface area (Å²) in [6.07, 6.45) is 2.70. The molecule has 52 valence electrons. The maximum Gasteiger partial charge on any atom is 0.240 e. The molecule has 1 rings (SSSR count). The van der Waals surface area contributed by atoms with Gasteiger partial charge in [-0.05, 0) is 19.0 Å². The van der Waals surface area contributed by atoms with E-state index in [1.807, 2.05) is 10.5 Å². The van der Waals surface area contributed by atoms with Crippen LogP contribution in [0.4, 0.5) is 0 Å². The molecule has 0 unspecified atom stereocenters. The van der Waals surface area contributed by atoms with Gasteiger partial charge < -0.3 is 9.22 Å². The van der Waals surface area contributed by atoms with Crippen LogP contribution in [0.3, 0.4) is 0 Å². The molecule has 4 heteroatoms. The zero-order chi connectivity index (χ0) is 7.11. The lowest BCUT2D eigenvalue weighted by molar-refractivity contribution is 0.291. The Labute approximate surface area is 61.5 Å². The Bertz CT molecular complexity index is 54.9. The van der Waals surface area contributed by atoms with E-state index in [4.69, 9.17) is 9.22 Å². The first-order chi connectivity index (χ1) is 4.39. The maximum atomic E-state index is 6.81. The highest BCUT2D eigenvalue weighted by Crippen LogP contribution is 2.09. The molecule has 1 saturated heterocycles. The van der Waals surface area contributed by atoms with Gasteiger partial charge in [-0.1, -0.05) is 6.42 Å². The predicted octanol–water partition coefficient (Wildman–Crippen LogP) is 0.480. The highest BCUT2D eigenvalue weighted by Gasteiger charge is 2.09. The SMILES string of the molecule is C[Si]1CCCCO1.O[Si]. The molecule has 0 aliphatic carbocycles. The van der Waals surface area contributed by atoms with Gasteiger partial charge in [0.15, 0.2) is 0 Å². The van der Waals surface area contributed by atoms with Crippen molar-refractivity contribution in [1.82, 2.24) is 0 Å². The molecule has 1 aliphatic heterocycles. The van der Waals surface area contributed by atoms with Gasteiger partial charge in [-0.15, -0.1) is 0 Å². The smallest absolute Gasteiger partial charge is 0.240 e. The molecule has 4 radical (unpaired) electrons. The highest BCUT2D eigenvalue weighted by molar-refractivity contribution is 6.50. The van der Waals surface area contributed by atoms with Crippen molar-refractivity contribution in [2.45, 2.75) is 25.4 Å². The van der Waals surface area contributed by atoms with Crippen LogP contribution in [0.25, 0.3) is 0 Å². The Hall–Kier alpha value is 0.354. The zero-order valence-electron chi connectivity index (χ0n) is 5.68. The molecule has 2 nitrogen and oxygen atoms in total. The molecule has 1 heterocycles. The van der Waals surface area contributed by atoms with E-state index in [0.717, 1.165) is 6.61 Å². The maximum absolute atomic E-state index is 6.81. The summed E-state index contributed by atoms with van der Waals surface area (Å²) < 4.78 is 5.38.